The van der Waals surface area contributed by atoms with Gasteiger partial charge in [-0.25, -0.2) is 0 Å². The Labute approximate surface area is 124 Å². The average molecular weight is 287 g/mol. The Hall–Kier alpha value is -2.04. The second-order valence-electron chi connectivity index (χ2n) is 5.65. The van der Waals surface area contributed by atoms with Crippen molar-refractivity contribution in [1.82, 2.24) is 15.1 Å². The molecular weight excluding hydrogens is 266 g/mol. The summed E-state index contributed by atoms with van der Waals surface area (Å²) in [5, 5.41) is 8.34. The zero-order valence-corrected chi connectivity index (χ0v) is 12.3. The number of nitrogens with one attached hydrogen (secondary N) is 1. The van der Waals surface area contributed by atoms with Gasteiger partial charge in [0.2, 0.25) is 11.8 Å². The molecule has 0 spiro atoms. The van der Waals surface area contributed by atoms with Crippen LogP contribution >= 0.6 is 0 Å². The van der Waals surface area contributed by atoms with Gasteiger partial charge in [-0.2, -0.15) is 0 Å². The van der Waals surface area contributed by atoms with E-state index in [1.807, 2.05) is 36.0 Å². The lowest BCUT2D eigenvalue weighted by Crippen LogP contribution is -2.25. The van der Waals surface area contributed by atoms with Gasteiger partial charge in [-0.1, -0.05) is 12.1 Å². The summed E-state index contributed by atoms with van der Waals surface area (Å²) in [6.07, 6.45) is 3.74. The van der Waals surface area contributed by atoms with Crippen molar-refractivity contribution in [2.75, 3.05) is 13.2 Å². The summed E-state index contributed by atoms with van der Waals surface area (Å²) in [5.41, 5.74) is 1.05. The van der Waals surface area contributed by atoms with Crippen LogP contribution < -0.4 is 10.1 Å². The van der Waals surface area contributed by atoms with E-state index >= 15 is 0 Å². The molecule has 3 rings (SSSR count). The zero-order valence-electron chi connectivity index (χ0n) is 12.3. The van der Waals surface area contributed by atoms with Crippen LogP contribution in [0.15, 0.2) is 24.3 Å². The van der Waals surface area contributed by atoms with E-state index in [2.05, 4.69) is 10.4 Å². The maximum Gasteiger partial charge on any atom is 0.240 e. The molecule has 5 nitrogen and oxygen atoms in total. The molecule has 1 aromatic heterocycles. The highest BCUT2D eigenvalue weighted by Crippen LogP contribution is 2.27. The van der Waals surface area contributed by atoms with Gasteiger partial charge in [-0.3, -0.25) is 9.48 Å². The number of hydrogen-bond acceptors (Lipinski definition) is 3. The van der Waals surface area contributed by atoms with Crippen molar-refractivity contribution in [2.24, 2.45) is 13.0 Å². The number of amides is 1. The summed E-state index contributed by atoms with van der Waals surface area (Å²) < 4.78 is 7.53. The second kappa shape index (κ2) is 6.16. The summed E-state index contributed by atoms with van der Waals surface area (Å²) in [4.78, 5) is 11.6. The Kier molecular flexibility index (Phi) is 4.08. The summed E-state index contributed by atoms with van der Waals surface area (Å²) in [6.45, 7) is 1.35. The smallest absolute Gasteiger partial charge is 0.240 e. The van der Waals surface area contributed by atoms with Crippen LogP contribution in [0.3, 0.4) is 0 Å². The standard InChI is InChI=1S/C16H21N3O2/c1-19-14-6-3-2-5-13(14)16(18-19)21-10-4-7-15(20)17-11-12-8-9-12/h2-3,5-6,12H,4,7-11H2,1H3,(H,17,20). The number of ether oxygens (including phenoxy) is 1. The van der Waals surface area contributed by atoms with Crippen LogP contribution in [-0.2, 0) is 11.8 Å². The lowest BCUT2D eigenvalue weighted by Gasteiger charge is -2.05. The molecule has 1 aliphatic rings. The van der Waals surface area contributed by atoms with Gasteiger partial charge >= 0.3 is 0 Å². The summed E-state index contributed by atoms with van der Waals surface area (Å²) >= 11 is 0. The number of fused-ring (bicyclic) bond motifs is 1. The Morgan fingerprint density at radius 1 is 1.43 bits per heavy atom. The molecular formula is C16H21N3O2. The minimum absolute atomic E-state index is 0.122. The first kappa shape index (κ1) is 13.9. The van der Waals surface area contributed by atoms with Crippen molar-refractivity contribution in [2.45, 2.75) is 25.7 Å². The predicted octanol–water partition coefficient (Wildman–Crippen LogP) is 2.26. The molecule has 112 valence electrons. The highest BCUT2D eigenvalue weighted by molar-refractivity contribution is 5.84. The quantitative estimate of drug-likeness (QED) is 0.795. The van der Waals surface area contributed by atoms with E-state index < -0.39 is 0 Å². The third kappa shape index (κ3) is 3.54. The molecule has 1 saturated carbocycles. The highest BCUT2D eigenvalue weighted by atomic mass is 16.5. The van der Waals surface area contributed by atoms with E-state index in [0.717, 1.165) is 23.4 Å². The average Bonchev–Trinajstić information content (AvgIpc) is 3.27. The van der Waals surface area contributed by atoms with E-state index in [9.17, 15) is 4.79 Å². The number of carbonyl (C=O) groups is 1. The third-order valence-corrected chi connectivity index (χ3v) is 3.80. The fourth-order valence-electron chi connectivity index (χ4n) is 2.36. The first-order valence-electron chi connectivity index (χ1n) is 7.55. The van der Waals surface area contributed by atoms with Crippen LogP contribution in [0.25, 0.3) is 10.9 Å². The molecule has 0 unspecified atom stereocenters. The lowest BCUT2D eigenvalue weighted by atomic mass is 10.2. The van der Waals surface area contributed by atoms with Gasteiger partial charge in [-0.15, -0.1) is 5.10 Å². The van der Waals surface area contributed by atoms with Crippen LogP contribution in [0.4, 0.5) is 0 Å². The summed E-state index contributed by atoms with van der Waals surface area (Å²) in [7, 11) is 1.90. The van der Waals surface area contributed by atoms with E-state index in [4.69, 9.17) is 4.74 Å². The molecule has 0 atom stereocenters. The van der Waals surface area contributed by atoms with Gasteiger partial charge in [0.15, 0.2) is 0 Å². The molecule has 0 radical (unpaired) electrons. The van der Waals surface area contributed by atoms with Gasteiger partial charge in [0.25, 0.3) is 0 Å². The Bertz CT molecular complexity index is 631. The number of nitrogens with zero attached hydrogens (tertiary/aromatic N) is 2. The van der Waals surface area contributed by atoms with E-state index in [1.165, 1.54) is 12.8 Å². The van der Waals surface area contributed by atoms with Gasteiger partial charge < -0.3 is 10.1 Å². The van der Waals surface area contributed by atoms with Crippen LogP contribution in [0.2, 0.25) is 0 Å². The van der Waals surface area contributed by atoms with Gasteiger partial charge in [0.1, 0.15) is 0 Å². The molecule has 0 saturated heterocycles. The number of hydrogen-bond donors (Lipinski definition) is 1. The monoisotopic (exact) mass is 287 g/mol. The topological polar surface area (TPSA) is 56.2 Å². The maximum atomic E-state index is 11.6. The number of benzene rings is 1. The van der Waals surface area contributed by atoms with Crippen LogP contribution in [0.1, 0.15) is 25.7 Å². The Morgan fingerprint density at radius 3 is 3.05 bits per heavy atom. The molecule has 1 aliphatic carbocycles. The van der Waals surface area contributed by atoms with Crippen LogP contribution in [0.5, 0.6) is 5.88 Å². The fourth-order valence-corrected chi connectivity index (χ4v) is 2.36. The highest BCUT2D eigenvalue weighted by Gasteiger charge is 2.21. The molecule has 21 heavy (non-hydrogen) atoms. The largest absolute Gasteiger partial charge is 0.476 e. The van der Waals surface area contributed by atoms with Gasteiger partial charge in [-0.05, 0) is 37.3 Å². The minimum atomic E-state index is 0.122. The number of rotatable bonds is 7. The molecule has 1 heterocycles. The van der Waals surface area contributed by atoms with Gasteiger partial charge in [0, 0.05) is 20.0 Å². The van der Waals surface area contributed by atoms with E-state index in [0.29, 0.717) is 25.3 Å². The normalized spacial score (nSPS) is 14.3. The Morgan fingerprint density at radius 2 is 2.24 bits per heavy atom. The lowest BCUT2D eigenvalue weighted by molar-refractivity contribution is -0.121. The minimum Gasteiger partial charge on any atom is -0.476 e. The SMILES string of the molecule is Cn1nc(OCCCC(=O)NCC2CC2)c2ccccc21. The molecule has 0 aliphatic heterocycles. The fraction of sp³-hybridized carbons (Fsp3) is 0.500. The first-order chi connectivity index (χ1) is 10.2. The number of aromatic nitrogens is 2. The van der Waals surface area contributed by atoms with Crippen molar-refractivity contribution in [3.05, 3.63) is 24.3 Å². The molecule has 1 amide bonds. The molecule has 1 N–H and O–H groups in total. The number of carbonyl (C=O) groups excluding carboxylic acids is 1. The van der Waals surface area contributed by atoms with Crippen molar-refractivity contribution in [3.63, 3.8) is 0 Å². The van der Waals surface area contributed by atoms with Gasteiger partial charge in [0.05, 0.1) is 17.5 Å². The van der Waals surface area contributed by atoms with Crippen molar-refractivity contribution < 1.29 is 9.53 Å². The third-order valence-electron chi connectivity index (χ3n) is 3.80. The zero-order chi connectivity index (χ0) is 14.7. The Balaban J connectivity index is 1.44. The van der Waals surface area contributed by atoms with Crippen molar-refractivity contribution in [3.8, 4) is 5.88 Å². The van der Waals surface area contributed by atoms with Crippen molar-refractivity contribution in [1.29, 1.82) is 0 Å². The maximum absolute atomic E-state index is 11.6. The predicted molar refractivity (Wildman–Crippen MR) is 81.2 cm³/mol. The number of aryl methyl sites for hydroxylation is 1. The summed E-state index contributed by atoms with van der Waals surface area (Å²) in [6, 6.07) is 7.97. The first-order valence-corrected chi connectivity index (χ1v) is 7.55. The summed E-state index contributed by atoms with van der Waals surface area (Å²) in [5.74, 6) is 1.49. The molecule has 0 bridgehead atoms. The van der Waals surface area contributed by atoms with Crippen LogP contribution in [0, 0.1) is 5.92 Å². The molecule has 5 heteroatoms. The molecule has 1 aromatic carbocycles. The van der Waals surface area contributed by atoms with E-state index in [1.54, 1.807) is 0 Å². The van der Waals surface area contributed by atoms with Crippen molar-refractivity contribution >= 4 is 16.8 Å². The molecule has 2 aromatic rings. The molecule has 1 fully saturated rings. The van der Waals surface area contributed by atoms with E-state index in [-0.39, 0.29) is 5.91 Å². The van der Waals surface area contributed by atoms with Crippen LogP contribution in [-0.4, -0.2) is 28.8 Å². The second-order valence-corrected chi connectivity index (χ2v) is 5.65. The number of para-hydroxylation sites is 1.